The molecule has 3 atom stereocenters. The summed E-state index contributed by atoms with van der Waals surface area (Å²) >= 11 is 12.7. The van der Waals surface area contributed by atoms with E-state index in [9.17, 15) is 4.79 Å². The predicted octanol–water partition coefficient (Wildman–Crippen LogP) is 6.06. The van der Waals surface area contributed by atoms with Gasteiger partial charge in [-0.1, -0.05) is 53.6 Å². The zero-order valence-electron chi connectivity index (χ0n) is 15.5. The highest BCUT2D eigenvalue weighted by atomic mass is 35.5. The van der Waals surface area contributed by atoms with Crippen LogP contribution in [0.1, 0.15) is 52.7 Å². The maximum absolute atomic E-state index is 13.2. The van der Waals surface area contributed by atoms with Crippen LogP contribution in [0.5, 0.6) is 0 Å². The molecule has 0 aromatic heterocycles. The summed E-state index contributed by atoms with van der Waals surface area (Å²) in [6, 6.07) is 11.9. The topological polar surface area (TPSA) is 32.3 Å². The standard InChI is InChI=1S/C23H22Cl2N2O/c24-14-9-10-18(20(25)13-14)21-16-6-3-5-15(16)17-7-4-8-19(22(17)26-21)23(28)27-11-1-2-12-27/h3-5,7-10,13,15-16,21,26H,1-2,6,11-12H2/t15-,16-,21-/m0/s1. The predicted molar refractivity (Wildman–Crippen MR) is 114 cm³/mol. The van der Waals surface area contributed by atoms with Crippen molar-refractivity contribution < 1.29 is 4.79 Å². The number of para-hydroxylation sites is 1. The summed E-state index contributed by atoms with van der Waals surface area (Å²) in [5.41, 5.74) is 3.99. The number of halogens is 2. The van der Waals surface area contributed by atoms with Gasteiger partial charge >= 0.3 is 0 Å². The number of likely N-dealkylation sites (tertiary alicyclic amines) is 1. The van der Waals surface area contributed by atoms with E-state index in [4.69, 9.17) is 23.2 Å². The quantitative estimate of drug-likeness (QED) is 0.608. The van der Waals surface area contributed by atoms with Gasteiger partial charge in [-0.2, -0.15) is 0 Å². The molecular formula is C23H22Cl2N2O. The molecule has 2 aromatic rings. The number of benzene rings is 2. The molecular weight excluding hydrogens is 391 g/mol. The molecule has 1 N–H and O–H groups in total. The summed E-state index contributed by atoms with van der Waals surface area (Å²) in [6.07, 6.45) is 7.70. The minimum absolute atomic E-state index is 0.0461. The SMILES string of the molecule is O=C(c1cccc2c1N[C@H](c1ccc(Cl)cc1Cl)[C@H]1CC=C[C@H]21)N1CCCC1. The van der Waals surface area contributed by atoms with Crippen molar-refractivity contribution in [2.45, 2.75) is 31.2 Å². The van der Waals surface area contributed by atoms with Crippen LogP contribution in [-0.2, 0) is 0 Å². The van der Waals surface area contributed by atoms with E-state index in [1.807, 2.05) is 29.2 Å². The molecule has 0 saturated carbocycles. The smallest absolute Gasteiger partial charge is 0.255 e. The van der Waals surface area contributed by atoms with Crippen molar-refractivity contribution in [1.82, 2.24) is 4.90 Å². The Hall–Kier alpha value is -1.97. The molecule has 144 valence electrons. The maximum atomic E-state index is 13.2. The van der Waals surface area contributed by atoms with E-state index in [0.717, 1.165) is 49.2 Å². The van der Waals surface area contributed by atoms with E-state index < -0.39 is 0 Å². The van der Waals surface area contributed by atoms with Crippen molar-refractivity contribution in [2.24, 2.45) is 5.92 Å². The molecule has 2 aromatic carbocycles. The molecule has 2 aliphatic heterocycles. The first kappa shape index (κ1) is 18.1. The van der Waals surface area contributed by atoms with Gasteiger partial charge in [-0.3, -0.25) is 4.79 Å². The number of amides is 1. The number of anilines is 1. The first-order valence-electron chi connectivity index (χ1n) is 9.94. The number of carbonyl (C=O) groups is 1. The third kappa shape index (κ3) is 2.92. The van der Waals surface area contributed by atoms with Crippen molar-refractivity contribution in [3.8, 4) is 0 Å². The van der Waals surface area contributed by atoms with Crippen LogP contribution in [0.2, 0.25) is 10.0 Å². The number of hydrogen-bond donors (Lipinski definition) is 1. The number of fused-ring (bicyclic) bond motifs is 3. The minimum Gasteiger partial charge on any atom is -0.377 e. The first-order valence-corrected chi connectivity index (χ1v) is 10.7. The third-order valence-corrected chi connectivity index (χ3v) is 6.88. The summed E-state index contributed by atoms with van der Waals surface area (Å²) < 4.78 is 0. The van der Waals surface area contributed by atoms with Crippen LogP contribution in [0.3, 0.4) is 0 Å². The number of hydrogen-bond acceptors (Lipinski definition) is 2. The Balaban J connectivity index is 1.59. The van der Waals surface area contributed by atoms with Crippen molar-refractivity contribution in [3.63, 3.8) is 0 Å². The molecule has 0 unspecified atom stereocenters. The third-order valence-electron chi connectivity index (χ3n) is 6.32. The highest BCUT2D eigenvalue weighted by Crippen LogP contribution is 2.51. The van der Waals surface area contributed by atoms with Gasteiger partial charge in [0, 0.05) is 29.1 Å². The molecule has 3 nitrogen and oxygen atoms in total. The second kappa shape index (κ2) is 7.13. The van der Waals surface area contributed by atoms with E-state index in [2.05, 4.69) is 23.5 Å². The second-order valence-corrected chi connectivity index (χ2v) is 8.75. The van der Waals surface area contributed by atoms with Gasteiger partial charge in [0.1, 0.15) is 0 Å². The van der Waals surface area contributed by atoms with Gasteiger partial charge < -0.3 is 10.2 Å². The number of nitrogens with one attached hydrogen (secondary N) is 1. The maximum Gasteiger partial charge on any atom is 0.255 e. The monoisotopic (exact) mass is 412 g/mol. The van der Waals surface area contributed by atoms with Gasteiger partial charge in [0.15, 0.2) is 0 Å². The van der Waals surface area contributed by atoms with E-state index >= 15 is 0 Å². The fraction of sp³-hybridized carbons (Fsp3) is 0.348. The van der Waals surface area contributed by atoms with Crippen molar-refractivity contribution in [3.05, 3.63) is 75.3 Å². The zero-order valence-corrected chi connectivity index (χ0v) is 17.0. The van der Waals surface area contributed by atoms with Crippen molar-refractivity contribution in [2.75, 3.05) is 18.4 Å². The largest absolute Gasteiger partial charge is 0.377 e. The van der Waals surface area contributed by atoms with E-state index in [1.165, 1.54) is 5.56 Å². The van der Waals surface area contributed by atoms with Crippen LogP contribution in [-0.4, -0.2) is 23.9 Å². The van der Waals surface area contributed by atoms with Crippen molar-refractivity contribution >= 4 is 34.8 Å². The fourth-order valence-corrected chi connectivity index (χ4v) is 5.48. The average molecular weight is 413 g/mol. The normalized spacial score (nSPS) is 25.4. The Bertz CT molecular complexity index is 965. The summed E-state index contributed by atoms with van der Waals surface area (Å²) in [6.45, 7) is 1.70. The lowest BCUT2D eigenvalue weighted by Gasteiger charge is -2.39. The molecule has 1 fully saturated rings. The van der Waals surface area contributed by atoms with Crippen molar-refractivity contribution in [1.29, 1.82) is 0 Å². The van der Waals surface area contributed by atoms with Gasteiger partial charge in [-0.05, 0) is 54.5 Å². The number of allylic oxidation sites excluding steroid dienone is 2. The Labute approximate surface area is 175 Å². The molecule has 1 aliphatic carbocycles. The van der Waals surface area contributed by atoms with Gasteiger partial charge in [-0.25, -0.2) is 0 Å². The van der Waals surface area contributed by atoms with E-state index in [1.54, 1.807) is 6.07 Å². The van der Waals surface area contributed by atoms with Crippen LogP contribution in [0, 0.1) is 5.92 Å². The van der Waals surface area contributed by atoms with Gasteiger partial charge in [0.2, 0.25) is 0 Å². The lowest BCUT2D eigenvalue weighted by Crippen LogP contribution is -2.33. The number of nitrogens with zero attached hydrogens (tertiary/aromatic N) is 1. The molecule has 5 rings (SSSR count). The minimum atomic E-state index is 0.0461. The number of rotatable bonds is 2. The van der Waals surface area contributed by atoms with Gasteiger partial charge in [0.25, 0.3) is 5.91 Å². The number of carbonyl (C=O) groups excluding carboxylic acids is 1. The highest BCUT2D eigenvalue weighted by molar-refractivity contribution is 6.35. The summed E-state index contributed by atoms with van der Waals surface area (Å²) in [7, 11) is 0. The lowest BCUT2D eigenvalue weighted by molar-refractivity contribution is 0.0793. The van der Waals surface area contributed by atoms with Gasteiger partial charge in [0.05, 0.1) is 17.3 Å². The second-order valence-electron chi connectivity index (χ2n) is 7.91. The molecule has 5 heteroatoms. The van der Waals surface area contributed by atoms with Crippen LogP contribution in [0.4, 0.5) is 5.69 Å². The Kier molecular flexibility index (Phi) is 4.60. The molecule has 1 amide bonds. The van der Waals surface area contributed by atoms with Crippen LogP contribution in [0.15, 0.2) is 48.6 Å². The summed E-state index contributed by atoms with van der Waals surface area (Å²) in [5, 5.41) is 5.01. The zero-order chi connectivity index (χ0) is 19.3. The molecule has 0 spiro atoms. The molecule has 0 radical (unpaired) electrons. The van der Waals surface area contributed by atoms with Crippen LogP contribution < -0.4 is 5.32 Å². The van der Waals surface area contributed by atoms with Crippen LogP contribution >= 0.6 is 23.2 Å². The summed E-state index contributed by atoms with van der Waals surface area (Å²) in [4.78, 5) is 15.2. The molecule has 2 heterocycles. The summed E-state index contributed by atoms with van der Waals surface area (Å²) in [5.74, 6) is 0.797. The molecule has 1 saturated heterocycles. The highest BCUT2D eigenvalue weighted by Gasteiger charge is 2.40. The lowest BCUT2D eigenvalue weighted by atomic mass is 9.76. The molecule has 0 bridgehead atoms. The van der Waals surface area contributed by atoms with E-state index in [-0.39, 0.29) is 11.9 Å². The fourth-order valence-electron chi connectivity index (χ4n) is 4.95. The van der Waals surface area contributed by atoms with Crippen LogP contribution in [0.25, 0.3) is 0 Å². The molecule has 3 aliphatic rings. The average Bonchev–Trinajstić information content (AvgIpc) is 3.39. The molecule has 28 heavy (non-hydrogen) atoms. The first-order chi connectivity index (χ1) is 13.6. The Morgan fingerprint density at radius 3 is 2.68 bits per heavy atom. The van der Waals surface area contributed by atoms with E-state index in [0.29, 0.717) is 21.9 Å². The Morgan fingerprint density at radius 2 is 1.89 bits per heavy atom. The van der Waals surface area contributed by atoms with Gasteiger partial charge in [-0.15, -0.1) is 0 Å². The Morgan fingerprint density at radius 1 is 1.07 bits per heavy atom.